The van der Waals surface area contributed by atoms with Gasteiger partial charge in [-0.15, -0.1) is 0 Å². The minimum absolute atomic E-state index is 0.629. The zero-order chi connectivity index (χ0) is 14.5. The summed E-state index contributed by atoms with van der Waals surface area (Å²) in [6.45, 7) is 3.30. The summed E-state index contributed by atoms with van der Waals surface area (Å²) >= 11 is 0. The maximum absolute atomic E-state index is 4.27. The van der Waals surface area contributed by atoms with E-state index in [1.807, 2.05) is 17.9 Å². The van der Waals surface area contributed by atoms with Gasteiger partial charge in [-0.25, -0.2) is 0 Å². The van der Waals surface area contributed by atoms with Gasteiger partial charge in [0, 0.05) is 37.4 Å². The first-order valence-corrected chi connectivity index (χ1v) is 7.99. The summed E-state index contributed by atoms with van der Waals surface area (Å²) in [7, 11) is 6.35. The molecule has 1 aliphatic carbocycles. The van der Waals surface area contributed by atoms with Crippen LogP contribution >= 0.6 is 0 Å². The fraction of sp³-hybridized carbons (Fsp3) is 0.812. The highest BCUT2D eigenvalue weighted by atomic mass is 15.2. The Balaban J connectivity index is 1.98. The van der Waals surface area contributed by atoms with E-state index in [2.05, 4.69) is 42.5 Å². The Hall–Kier alpha value is -0.870. The summed E-state index contributed by atoms with van der Waals surface area (Å²) in [4.78, 5) is 2.51. The third-order valence-electron chi connectivity index (χ3n) is 4.75. The van der Waals surface area contributed by atoms with Crippen molar-refractivity contribution in [3.8, 4) is 0 Å². The fourth-order valence-electron chi connectivity index (χ4n) is 3.68. The maximum Gasteiger partial charge on any atom is 0.0534 e. The van der Waals surface area contributed by atoms with Gasteiger partial charge in [0.1, 0.15) is 0 Å². The first kappa shape index (κ1) is 15.5. The second-order valence-corrected chi connectivity index (χ2v) is 6.37. The summed E-state index contributed by atoms with van der Waals surface area (Å²) in [5, 5.41) is 7.80. The van der Waals surface area contributed by atoms with Crippen LogP contribution < -0.4 is 5.32 Å². The molecule has 20 heavy (non-hydrogen) atoms. The normalized spacial score (nSPS) is 27.1. The Morgan fingerprint density at radius 1 is 1.45 bits per heavy atom. The zero-order valence-electron chi connectivity index (χ0n) is 13.5. The molecule has 2 rings (SSSR count). The molecule has 1 N–H and O–H groups in total. The van der Waals surface area contributed by atoms with Crippen molar-refractivity contribution in [3.63, 3.8) is 0 Å². The lowest BCUT2D eigenvalue weighted by molar-refractivity contribution is 0.114. The van der Waals surface area contributed by atoms with Gasteiger partial charge in [-0.2, -0.15) is 5.10 Å². The molecule has 0 amide bonds. The van der Waals surface area contributed by atoms with Crippen molar-refractivity contribution in [2.45, 2.75) is 57.7 Å². The van der Waals surface area contributed by atoms with Crippen LogP contribution in [0.25, 0.3) is 0 Å². The van der Waals surface area contributed by atoms with Crippen LogP contribution in [0.2, 0.25) is 0 Å². The summed E-state index contributed by atoms with van der Waals surface area (Å²) in [6.07, 6.45) is 10.8. The van der Waals surface area contributed by atoms with Crippen LogP contribution in [0.5, 0.6) is 0 Å². The number of rotatable bonds is 6. The smallest absolute Gasteiger partial charge is 0.0534 e. The molecule has 1 saturated carbocycles. The summed E-state index contributed by atoms with van der Waals surface area (Å²) in [5.74, 6) is 0.908. The lowest BCUT2D eigenvalue weighted by atomic mass is 9.79. The maximum atomic E-state index is 4.27. The molecule has 3 atom stereocenters. The molecule has 0 bridgehead atoms. The number of nitrogens with one attached hydrogen (secondary N) is 1. The van der Waals surface area contributed by atoms with Crippen molar-refractivity contribution >= 4 is 0 Å². The monoisotopic (exact) mass is 278 g/mol. The second kappa shape index (κ2) is 7.23. The molecule has 1 aromatic heterocycles. The van der Waals surface area contributed by atoms with Crippen molar-refractivity contribution < 1.29 is 0 Å². The molecule has 1 aromatic rings. The lowest BCUT2D eigenvalue weighted by Crippen LogP contribution is -2.50. The van der Waals surface area contributed by atoms with Gasteiger partial charge in [-0.1, -0.05) is 19.8 Å². The Labute approximate surface area is 123 Å². The number of aryl methyl sites for hydroxylation is 1. The van der Waals surface area contributed by atoms with Crippen molar-refractivity contribution in [2.75, 3.05) is 14.1 Å². The Bertz CT molecular complexity index is 401. The number of likely N-dealkylation sites (N-methyl/N-ethyl adjacent to an activating group) is 2. The first-order chi connectivity index (χ1) is 9.63. The molecule has 3 unspecified atom stereocenters. The van der Waals surface area contributed by atoms with Crippen LogP contribution in [0.15, 0.2) is 12.4 Å². The van der Waals surface area contributed by atoms with Gasteiger partial charge in [0.25, 0.3) is 0 Å². The number of hydrogen-bond acceptors (Lipinski definition) is 3. The van der Waals surface area contributed by atoms with Crippen LogP contribution in [0.3, 0.4) is 0 Å². The van der Waals surface area contributed by atoms with Gasteiger partial charge in [0.15, 0.2) is 0 Å². The quantitative estimate of drug-likeness (QED) is 0.867. The molecule has 1 heterocycles. The molecule has 0 radical (unpaired) electrons. The first-order valence-electron chi connectivity index (χ1n) is 7.99. The lowest BCUT2D eigenvalue weighted by Gasteiger charge is -2.41. The van der Waals surface area contributed by atoms with Crippen molar-refractivity contribution in [1.29, 1.82) is 0 Å². The predicted octanol–water partition coefficient (Wildman–Crippen LogP) is 2.41. The molecule has 1 fully saturated rings. The van der Waals surface area contributed by atoms with E-state index in [4.69, 9.17) is 0 Å². The predicted molar refractivity (Wildman–Crippen MR) is 83.6 cm³/mol. The van der Waals surface area contributed by atoms with Crippen LogP contribution in [0.4, 0.5) is 0 Å². The minimum atomic E-state index is 0.629. The van der Waals surface area contributed by atoms with Crippen LogP contribution in [-0.4, -0.2) is 40.9 Å². The summed E-state index contributed by atoms with van der Waals surface area (Å²) in [6, 6.07) is 1.27. The molecule has 4 nitrogen and oxygen atoms in total. The van der Waals surface area contributed by atoms with Crippen molar-refractivity contribution in [2.24, 2.45) is 13.0 Å². The molecular formula is C16H30N4. The fourth-order valence-corrected chi connectivity index (χ4v) is 3.68. The SMILES string of the molecule is CCCC1CCC(NC)C(N(C)Cc2cnn(C)c2)C1. The van der Waals surface area contributed by atoms with E-state index in [9.17, 15) is 0 Å². The molecule has 4 heteroatoms. The van der Waals surface area contributed by atoms with E-state index in [-0.39, 0.29) is 0 Å². The van der Waals surface area contributed by atoms with Crippen LogP contribution in [0.1, 0.15) is 44.6 Å². The van der Waals surface area contributed by atoms with E-state index in [0.29, 0.717) is 12.1 Å². The molecule has 0 aliphatic heterocycles. The summed E-state index contributed by atoms with van der Waals surface area (Å²) < 4.78 is 1.89. The molecule has 1 aliphatic rings. The van der Waals surface area contributed by atoms with Gasteiger partial charge < -0.3 is 5.32 Å². The van der Waals surface area contributed by atoms with Crippen molar-refractivity contribution in [1.82, 2.24) is 20.0 Å². The van der Waals surface area contributed by atoms with Gasteiger partial charge in [0.2, 0.25) is 0 Å². The Morgan fingerprint density at radius 3 is 2.85 bits per heavy atom. The molecule has 114 valence electrons. The van der Waals surface area contributed by atoms with Gasteiger partial charge in [-0.05, 0) is 39.3 Å². The van der Waals surface area contributed by atoms with E-state index in [1.54, 1.807) is 0 Å². The third-order valence-corrected chi connectivity index (χ3v) is 4.75. The van der Waals surface area contributed by atoms with E-state index in [1.165, 1.54) is 37.7 Å². The van der Waals surface area contributed by atoms with Crippen molar-refractivity contribution in [3.05, 3.63) is 18.0 Å². The Kier molecular flexibility index (Phi) is 5.61. The molecular weight excluding hydrogens is 248 g/mol. The topological polar surface area (TPSA) is 33.1 Å². The van der Waals surface area contributed by atoms with Gasteiger partial charge in [-0.3, -0.25) is 9.58 Å². The largest absolute Gasteiger partial charge is 0.315 e. The van der Waals surface area contributed by atoms with Crippen LogP contribution in [-0.2, 0) is 13.6 Å². The molecule has 0 spiro atoms. The standard InChI is InChI=1S/C16H30N4/c1-5-6-13-7-8-15(17-2)16(9-13)19(3)11-14-10-18-20(4)12-14/h10,12-13,15-17H,5-9,11H2,1-4H3. The number of nitrogens with zero attached hydrogens (tertiary/aromatic N) is 3. The number of aromatic nitrogens is 2. The third kappa shape index (κ3) is 3.83. The average Bonchev–Trinajstić information content (AvgIpc) is 2.84. The average molecular weight is 278 g/mol. The van der Waals surface area contributed by atoms with Gasteiger partial charge in [0.05, 0.1) is 6.20 Å². The molecule has 0 saturated heterocycles. The zero-order valence-corrected chi connectivity index (χ0v) is 13.5. The minimum Gasteiger partial charge on any atom is -0.315 e. The highest BCUT2D eigenvalue weighted by Crippen LogP contribution is 2.31. The highest BCUT2D eigenvalue weighted by molar-refractivity contribution is 5.04. The number of hydrogen-bond donors (Lipinski definition) is 1. The second-order valence-electron chi connectivity index (χ2n) is 6.37. The summed E-state index contributed by atoms with van der Waals surface area (Å²) in [5.41, 5.74) is 1.31. The Morgan fingerprint density at radius 2 is 2.25 bits per heavy atom. The van der Waals surface area contributed by atoms with E-state index >= 15 is 0 Å². The highest BCUT2D eigenvalue weighted by Gasteiger charge is 2.31. The molecule has 0 aromatic carbocycles. The van der Waals surface area contributed by atoms with E-state index < -0.39 is 0 Å². The van der Waals surface area contributed by atoms with E-state index in [0.717, 1.165) is 12.5 Å². The van der Waals surface area contributed by atoms with Gasteiger partial charge >= 0.3 is 0 Å². The van der Waals surface area contributed by atoms with Crippen LogP contribution in [0, 0.1) is 5.92 Å².